The number of nitrogens with zero attached hydrogens (tertiary/aromatic N) is 1. The molecule has 0 unspecified atom stereocenters. The van der Waals surface area contributed by atoms with E-state index in [1.54, 1.807) is 36.0 Å². The van der Waals surface area contributed by atoms with Crippen molar-refractivity contribution in [3.63, 3.8) is 0 Å². The van der Waals surface area contributed by atoms with Gasteiger partial charge in [0.05, 0.1) is 11.4 Å². The molecule has 0 aliphatic carbocycles. The first-order chi connectivity index (χ1) is 12.8. The molecular weight excluding hydrogens is 424 g/mol. The number of sulfonamides is 1. The van der Waals surface area contributed by atoms with E-state index in [4.69, 9.17) is 11.6 Å². The molecule has 0 fully saturated rings. The Hall–Kier alpha value is -1.19. The molecule has 146 valence electrons. The van der Waals surface area contributed by atoms with Gasteiger partial charge in [0.1, 0.15) is 0 Å². The van der Waals surface area contributed by atoms with Gasteiger partial charge in [0.15, 0.2) is 0 Å². The highest BCUT2D eigenvalue weighted by molar-refractivity contribution is 7.99. The van der Waals surface area contributed by atoms with Crippen LogP contribution in [0.4, 0.5) is 0 Å². The van der Waals surface area contributed by atoms with Crippen molar-refractivity contribution in [2.75, 3.05) is 32.1 Å². The second-order valence-corrected chi connectivity index (χ2v) is 10.1. The third-order valence-electron chi connectivity index (χ3n) is 3.64. The summed E-state index contributed by atoms with van der Waals surface area (Å²) in [6.07, 6.45) is 1.92. The van der Waals surface area contributed by atoms with Crippen LogP contribution in [0.3, 0.4) is 0 Å². The number of rotatable bonds is 9. The predicted molar refractivity (Wildman–Crippen MR) is 113 cm³/mol. The maximum absolute atomic E-state index is 12.5. The minimum atomic E-state index is -3.69. The van der Waals surface area contributed by atoms with Crippen molar-refractivity contribution >= 4 is 51.1 Å². The quantitative estimate of drug-likeness (QED) is 0.473. The van der Waals surface area contributed by atoms with Gasteiger partial charge >= 0.3 is 0 Å². The van der Waals surface area contributed by atoms with E-state index in [0.717, 1.165) is 14.1 Å². The van der Waals surface area contributed by atoms with Crippen LogP contribution in [0.1, 0.15) is 0 Å². The highest BCUT2D eigenvalue weighted by Gasteiger charge is 2.22. The molecule has 5 nitrogen and oxygen atoms in total. The molecule has 0 saturated carbocycles. The van der Waals surface area contributed by atoms with Crippen LogP contribution < -0.4 is 5.32 Å². The molecule has 0 atom stereocenters. The van der Waals surface area contributed by atoms with Crippen molar-refractivity contribution in [1.29, 1.82) is 0 Å². The first-order valence-electron chi connectivity index (χ1n) is 8.08. The summed E-state index contributed by atoms with van der Waals surface area (Å²) in [5.41, 5.74) is 0. The number of benzene rings is 2. The second kappa shape index (κ2) is 10.4. The first-order valence-corrected chi connectivity index (χ1v) is 12.1. The number of nitrogens with one attached hydrogen (secondary N) is 1. The van der Waals surface area contributed by atoms with Gasteiger partial charge in [-0.1, -0.05) is 11.6 Å². The van der Waals surface area contributed by atoms with Crippen molar-refractivity contribution in [3.8, 4) is 0 Å². The lowest BCUT2D eigenvalue weighted by Crippen LogP contribution is -2.39. The molecule has 0 aromatic heterocycles. The van der Waals surface area contributed by atoms with E-state index in [0.29, 0.717) is 17.3 Å². The highest BCUT2D eigenvalue weighted by Crippen LogP contribution is 2.20. The van der Waals surface area contributed by atoms with Crippen LogP contribution in [0.5, 0.6) is 0 Å². The smallest absolute Gasteiger partial charge is 0.243 e. The summed E-state index contributed by atoms with van der Waals surface area (Å²) in [6.45, 7) is 0.223. The monoisotopic (exact) mass is 444 g/mol. The van der Waals surface area contributed by atoms with Gasteiger partial charge in [-0.25, -0.2) is 8.42 Å². The average Bonchev–Trinajstić information content (AvgIpc) is 2.66. The van der Waals surface area contributed by atoms with Crippen molar-refractivity contribution < 1.29 is 13.2 Å². The van der Waals surface area contributed by atoms with E-state index < -0.39 is 10.0 Å². The van der Waals surface area contributed by atoms with Gasteiger partial charge in [-0.2, -0.15) is 4.31 Å². The third-order valence-corrected chi connectivity index (χ3v) is 7.47. The average molecular weight is 445 g/mol. The maximum atomic E-state index is 12.5. The van der Waals surface area contributed by atoms with Gasteiger partial charge in [0.25, 0.3) is 0 Å². The number of hydrogen-bond donors (Lipinski definition) is 1. The maximum Gasteiger partial charge on any atom is 0.243 e. The zero-order valence-corrected chi connectivity index (χ0v) is 18.2. The lowest BCUT2D eigenvalue weighted by atomic mass is 10.4. The molecule has 1 amide bonds. The lowest BCUT2D eigenvalue weighted by Gasteiger charge is -2.17. The zero-order valence-electron chi connectivity index (χ0n) is 15.0. The molecule has 0 spiro atoms. The normalized spacial score (nSPS) is 11.6. The van der Waals surface area contributed by atoms with Gasteiger partial charge in [-0.15, -0.1) is 23.5 Å². The van der Waals surface area contributed by atoms with Crippen LogP contribution in [0.25, 0.3) is 0 Å². The predicted octanol–water partition coefficient (Wildman–Crippen LogP) is 3.59. The first kappa shape index (κ1) is 22.1. The van der Waals surface area contributed by atoms with Crippen molar-refractivity contribution in [2.24, 2.45) is 0 Å². The topological polar surface area (TPSA) is 66.5 Å². The Morgan fingerprint density at radius 1 is 1.07 bits per heavy atom. The SMILES string of the molecule is CSc1ccc(S(=O)(=O)N(C)CC(=O)NCCSc2ccc(Cl)cc2)cc1. The molecule has 0 radical (unpaired) electrons. The summed E-state index contributed by atoms with van der Waals surface area (Å²) in [6, 6.07) is 14.1. The number of likely N-dealkylation sites (N-methyl/N-ethyl adjacent to an activating group) is 1. The van der Waals surface area contributed by atoms with E-state index in [-0.39, 0.29) is 17.3 Å². The Balaban J connectivity index is 1.80. The van der Waals surface area contributed by atoms with E-state index >= 15 is 0 Å². The molecule has 0 aliphatic heterocycles. The Bertz CT molecular complexity index is 856. The van der Waals surface area contributed by atoms with Crippen LogP contribution in [-0.2, 0) is 14.8 Å². The minimum Gasteiger partial charge on any atom is -0.354 e. The molecule has 0 saturated heterocycles. The van der Waals surface area contributed by atoms with Crippen LogP contribution >= 0.6 is 35.1 Å². The lowest BCUT2D eigenvalue weighted by molar-refractivity contribution is -0.121. The summed E-state index contributed by atoms with van der Waals surface area (Å²) in [5, 5.41) is 3.42. The molecular formula is C18H21ClN2O3S3. The largest absolute Gasteiger partial charge is 0.354 e. The molecule has 1 N–H and O–H groups in total. The van der Waals surface area contributed by atoms with Gasteiger partial charge in [0, 0.05) is 34.2 Å². The fourth-order valence-corrected chi connectivity index (χ4v) is 4.59. The Labute approximate surface area is 173 Å². The number of amides is 1. The Kier molecular flexibility index (Phi) is 8.50. The van der Waals surface area contributed by atoms with Crippen molar-refractivity contribution in [3.05, 3.63) is 53.6 Å². The number of carbonyl (C=O) groups is 1. The molecule has 2 rings (SSSR count). The van der Waals surface area contributed by atoms with Crippen molar-refractivity contribution in [2.45, 2.75) is 14.7 Å². The molecule has 27 heavy (non-hydrogen) atoms. The second-order valence-electron chi connectivity index (χ2n) is 5.59. The van der Waals surface area contributed by atoms with Gasteiger partial charge in [-0.3, -0.25) is 4.79 Å². The van der Waals surface area contributed by atoms with Crippen LogP contribution in [-0.4, -0.2) is 50.8 Å². The summed E-state index contributed by atoms with van der Waals surface area (Å²) < 4.78 is 26.1. The number of hydrogen-bond acceptors (Lipinski definition) is 5. The Morgan fingerprint density at radius 3 is 2.26 bits per heavy atom. The molecule has 0 aliphatic rings. The third kappa shape index (κ3) is 6.73. The van der Waals surface area contributed by atoms with Crippen LogP contribution in [0.15, 0.2) is 63.2 Å². The van der Waals surface area contributed by atoms with E-state index in [1.165, 1.54) is 18.8 Å². The van der Waals surface area contributed by atoms with Crippen molar-refractivity contribution in [1.82, 2.24) is 9.62 Å². The van der Waals surface area contributed by atoms with E-state index in [9.17, 15) is 13.2 Å². The highest BCUT2D eigenvalue weighted by atomic mass is 35.5. The van der Waals surface area contributed by atoms with Gasteiger partial charge in [0.2, 0.25) is 15.9 Å². The van der Waals surface area contributed by atoms with E-state index in [2.05, 4.69) is 5.32 Å². The summed E-state index contributed by atoms with van der Waals surface area (Å²) in [4.78, 5) is 14.3. The van der Waals surface area contributed by atoms with Crippen LogP contribution in [0.2, 0.25) is 5.02 Å². The molecule has 2 aromatic carbocycles. The van der Waals surface area contributed by atoms with E-state index in [1.807, 2.05) is 30.5 Å². The molecule has 0 heterocycles. The number of halogens is 1. The molecule has 0 bridgehead atoms. The molecule has 9 heteroatoms. The minimum absolute atomic E-state index is 0.175. The molecule has 2 aromatic rings. The number of carbonyl (C=O) groups excluding carboxylic acids is 1. The fraction of sp³-hybridized carbons (Fsp3) is 0.278. The van der Waals surface area contributed by atoms with Crippen LogP contribution in [0, 0.1) is 0 Å². The fourth-order valence-electron chi connectivity index (χ4n) is 2.16. The van der Waals surface area contributed by atoms with Gasteiger partial charge < -0.3 is 5.32 Å². The Morgan fingerprint density at radius 2 is 1.67 bits per heavy atom. The summed E-state index contributed by atoms with van der Waals surface area (Å²) in [5.74, 6) is 0.346. The summed E-state index contributed by atoms with van der Waals surface area (Å²) >= 11 is 8.96. The summed E-state index contributed by atoms with van der Waals surface area (Å²) in [7, 11) is -2.29. The van der Waals surface area contributed by atoms with Gasteiger partial charge in [-0.05, 0) is 54.8 Å². The number of thioether (sulfide) groups is 2. The standard InChI is InChI=1S/C18H21ClN2O3S3/c1-21(27(23,24)17-9-7-15(25-2)8-10-17)13-18(22)20-11-12-26-16-5-3-14(19)4-6-16/h3-10H,11-13H2,1-2H3,(H,20,22). The zero-order chi connectivity index (χ0) is 19.9.